The van der Waals surface area contributed by atoms with E-state index in [9.17, 15) is 31.2 Å². The van der Waals surface area contributed by atoms with Crippen molar-refractivity contribution in [2.75, 3.05) is 26.2 Å². The number of alkyl halides is 3. The van der Waals surface area contributed by atoms with Crippen LogP contribution in [0.4, 0.5) is 13.2 Å². The van der Waals surface area contributed by atoms with Crippen LogP contribution >= 0.6 is 0 Å². The maximum absolute atomic E-state index is 13.3. The number of halogens is 3. The van der Waals surface area contributed by atoms with E-state index in [4.69, 9.17) is 0 Å². The summed E-state index contributed by atoms with van der Waals surface area (Å²) in [7, 11) is -3.63. The quantitative estimate of drug-likeness (QED) is 0.629. The molecule has 2 fully saturated rings. The molecule has 0 radical (unpaired) electrons. The Bertz CT molecular complexity index is 1020. The van der Waals surface area contributed by atoms with Gasteiger partial charge in [0.2, 0.25) is 15.9 Å². The predicted octanol–water partition coefficient (Wildman–Crippen LogP) is 2.90. The van der Waals surface area contributed by atoms with Gasteiger partial charge in [0.05, 0.1) is 10.8 Å². The Morgan fingerprint density at radius 2 is 1.71 bits per heavy atom. The minimum atomic E-state index is -4.55. The third-order valence-corrected chi connectivity index (χ3v) is 8.98. The maximum atomic E-state index is 13.3. The summed E-state index contributed by atoms with van der Waals surface area (Å²) in [5, 5.41) is 2.20. The van der Waals surface area contributed by atoms with Gasteiger partial charge < -0.3 is 10.2 Å². The van der Waals surface area contributed by atoms with Crippen molar-refractivity contribution in [1.82, 2.24) is 14.5 Å². The van der Waals surface area contributed by atoms with Crippen molar-refractivity contribution in [1.29, 1.82) is 0 Å². The van der Waals surface area contributed by atoms with Crippen LogP contribution in [0.25, 0.3) is 0 Å². The van der Waals surface area contributed by atoms with Gasteiger partial charge in [-0.15, -0.1) is 0 Å². The van der Waals surface area contributed by atoms with Crippen molar-refractivity contribution in [2.24, 2.45) is 11.8 Å². The molecule has 2 unspecified atom stereocenters. The van der Waals surface area contributed by atoms with Crippen molar-refractivity contribution in [3.8, 4) is 0 Å². The highest BCUT2D eigenvalue weighted by Crippen LogP contribution is 2.31. The van der Waals surface area contributed by atoms with Gasteiger partial charge >= 0.3 is 6.18 Å². The zero-order valence-electron chi connectivity index (χ0n) is 19.2. The van der Waals surface area contributed by atoms with Gasteiger partial charge in [-0.05, 0) is 49.0 Å². The normalized spacial score (nSPS) is 25.1. The van der Waals surface area contributed by atoms with Crippen molar-refractivity contribution in [2.45, 2.75) is 44.2 Å². The lowest BCUT2D eigenvalue weighted by molar-refractivity contribution is -0.137. The third-order valence-electron chi connectivity index (χ3n) is 6.65. The largest absolute Gasteiger partial charge is 0.416 e. The first kappa shape index (κ1) is 26.2. The van der Waals surface area contributed by atoms with Gasteiger partial charge in [0.1, 0.15) is 0 Å². The number of hydrogen-bond donors (Lipinski definition) is 1. The monoisotopic (exact) mass is 501 g/mol. The van der Waals surface area contributed by atoms with Crippen molar-refractivity contribution in [3.05, 3.63) is 48.0 Å². The zero-order valence-corrected chi connectivity index (χ0v) is 20.0. The van der Waals surface area contributed by atoms with Gasteiger partial charge in [0, 0.05) is 37.8 Å². The first-order valence-corrected chi connectivity index (χ1v) is 12.7. The number of nitrogens with zero attached hydrogens (tertiary/aromatic N) is 2. The highest BCUT2D eigenvalue weighted by atomic mass is 32.2. The van der Waals surface area contributed by atoms with Crippen LogP contribution in [0.15, 0.2) is 36.9 Å². The lowest BCUT2D eigenvalue weighted by Gasteiger charge is -2.43. The second-order valence-electron chi connectivity index (χ2n) is 9.13. The molecule has 0 saturated carbocycles. The molecule has 2 atom stereocenters. The van der Waals surface area contributed by atoms with Crippen molar-refractivity contribution >= 4 is 21.8 Å². The topological polar surface area (TPSA) is 86.8 Å². The van der Waals surface area contributed by atoms with Crippen molar-refractivity contribution in [3.63, 3.8) is 0 Å². The first-order chi connectivity index (χ1) is 15.8. The van der Waals surface area contributed by atoms with Gasteiger partial charge in [-0.3, -0.25) is 9.59 Å². The number of carbonyl (C=O) groups excluding carboxylic acids is 2. The molecule has 2 heterocycles. The minimum absolute atomic E-state index is 0.0672. The molecule has 2 saturated heterocycles. The Morgan fingerprint density at radius 3 is 2.24 bits per heavy atom. The van der Waals surface area contributed by atoms with E-state index >= 15 is 0 Å². The Kier molecular flexibility index (Phi) is 7.76. The molecule has 34 heavy (non-hydrogen) atoms. The molecule has 2 amide bonds. The number of carbonyl (C=O) groups is 2. The lowest BCUT2D eigenvalue weighted by Crippen LogP contribution is -2.57. The molecule has 1 aromatic rings. The van der Waals surface area contributed by atoms with Crippen LogP contribution in [0, 0.1) is 11.8 Å². The van der Waals surface area contributed by atoms with E-state index in [-0.39, 0.29) is 68.4 Å². The number of piperidine rings is 2. The highest BCUT2D eigenvalue weighted by Gasteiger charge is 2.42. The van der Waals surface area contributed by atoms with Gasteiger partial charge in [0.15, 0.2) is 0 Å². The van der Waals surface area contributed by atoms with E-state index < -0.39 is 32.9 Å². The summed E-state index contributed by atoms with van der Waals surface area (Å²) >= 11 is 0. The molecular formula is C23H30F3N3O4S. The van der Waals surface area contributed by atoms with E-state index in [1.54, 1.807) is 0 Å². The first-order valence-electron chi connectivity index (χ1n) is 11.2. The predicted molar refractivity (Wildman–Crippen MR) is 121 cm³/mol. The molecule has 7 nitrogen and oxygen atoms in total. The van der Waals surface area contributed by atoms with Gasteiger partial charge in [0.25, 0.3) is 5.91 Å². The van der Waals surface area contributed by atoms with E-state index in [1.807, 2.05) is 13.8 Å². The fourth-order valence-electron chi connectivity index (χ4n) is 4.80. The van der Waals surface area contributed by atoms with Crippen LogP contribution < -0.4 is 5.32 Å². The molecule has 1 aromatic carbocycles. The smallest absolute Gasteiger partial charge is 0.349 e. The fourth-order valence-corrected chi connectivity index (χ4v) is 6.91. The Hall–Kier alpha value is -2.40. The molecule has 0 aromatic heterocycles. The van der Waals surface area contributed by atoms with Crippen LogP contribution in [0.3, 0.4) is 0 Å². The van der Waals surface area contributed by atoms with Crippen LogP contribution in [0.1, 0.15) is 42.6 Å². The second kappa shape index (κ2) is 10.1. The third kappa shape index (κ3) is 5.63. The number of sulfonamides is 1. The molecule has 2 aliphatic rings. The lowest BCUT2D eigenvalue weighted by atomic mass is 9.87. The van der Waals surface area contributed by atoms with Gasteiger partial charge in [-0.1, -0.05) is 26.5 Å². The number of hydrogen-bond acceptors (Lipinski definition) is 4. The number of likely N-dealkylation sites (tertiary alicyclic amines) is 1. The summed E-state index contributed by atoms with van der Waals surface area (Å²) < 4.78 is 67.0. The minimum Gasteiger partial charge on any atom is -0.349 e. The molecule has 188 valence electrons. The Morgan fingerprint density at radius 1 is 1.12 bits per heavy atom. The summed E-state index contributed by atoms with van der Waals surface area (Å²) in [5.41, 5.74) is -0.964. The summed E-state index contributed by atoms with van der Waals surface area (Å²) in [6.45, 7) is 8.08. The SMILES string of the molecule is C=CC(=O)NC1C(C)CN(S(=O)(=O)C2CCN(C(=O)c3cccc(C(F)(F)F)c3)CC2)CC1C. The van der Waals surface area contributed by atoms with E-state index in [1.165, 1.54) is 27.4 Å². The number of nitrogens with one attached hydrogen (secondary N) is 1. The number of benzene rings is 1. The number of rotatable bonds is 5. The molecule has 0 bridgehead atoms. The van der Waals surface area contributed by atoms with Crippen LogP contribution in [-0.2, 0) is 21.0 Å². The summed E-state index contributed by atoms with van der Waals surface area (Å²) in [6, 6.07) is 4.09. The summed E-state index contributed by atoms with van der Waals surface area (Å²) in [4.78, 5) is 25.8. The Labute approximate surface area is 198 Å². The zero-order chi connectivity index (χ0) is 25.3. The van der Waals surface area contributed by atoms with Crippen LogP contribution in [-0.4, -0.2) is 66.9 Å². The second-order valence-corrected chi connectivity index (χ2v) is 11.3. The van der Waals surface area contributed by atoms with Crippen LogP contribution in [0.5, 0.6) is 0 Å². The standard InChI is InChI=1S/C23H30F3N3O4S/c1-4-20(30)27-21-15(2)13-29(14-16(21)3)34(32,33)19-8-10-28(11-9-19)22(31)17-6-5-7-18(12-17)23(24,25)26/h4-7,12,15-16,19,21H,1,8-11,13-14H2,2-3H3,(H,27,30). The average Bonchev–Trinajstić information content (AvgIpc) is 2.80. The molecule has 0 spiro atoms. The summed E-state index contributed by atoms with van der Waals surface area (Å²) in [5.74, 6) is -1.02. The van der Waals surface area contributed by atoms with Crippen molar-refractivity contribution < 1.29 is 31.2 Å². The fraction of sp³-hybridized carbons (Fsp3) is 0.565. The van der Waals surface area contributed by atoms with E-state index in [0.717, 1.165) is 12.1 Å². The van der Waals surface area contributed by atoms with Gasteiger partial charge in [-0.2, -0.15) is 13.2 Å². The van der Waals surface area contributed by atoms with E-state index in [2.05, 4.69) is 11.9 Å². The molecule has 1 N–H and O–H groups in total. The molecular weight excluding hydrogens is 471 g/mol. The Balaban J connectivity index is 1.63. The highest BCUT2D eigenvalue weighted by molar-refractivity contribution is 7.89. The number of amides is 2. The van der Waals surface area contributed by atoms with Crippen LogP contribution in [0.2, 0.25) is 0 Å². The maximum Gasteiger partial charge on any atom is 0.416 e. The molecule has 2 aliphatic heterocycles. The average molecular weight is 502 g/mol. The molecule has 0 aliphatic carbocycles. The molecule has 3 rings (SSSR count). The van der Waals surface area contributed by atoms with Gasteiger partial charge in [-0.25, -0.2) is 12.7 Å². The van der Waals surface area contributed by atoms with E-state index in [0.29, 0.717) is 0 Å². The summed E-state index contributed by atoms with van der Waals surface area (Å²) in [6.07, 6.45) is -2.93. The molecule has 11 heteroatoms.